The van der Waals surface area contributed by atoms with Crippen molar-refractivity contribution in [3.63, 3.8) is 0 Å². The normalized spacial score (nSPS) is 13.8. The molecule has 1 fully saturated rings. The number of pyridine rings is 1. The summed E-state index contributed by atoms with van der Waals surface area (Å²) in [6.07, 6.45) is 6.40. The predicted octanol–water partition coefficient (Wildman–Crippen LogP) is 5.60. The van der Waals surface area contributed by atoms with Crippen LogP contribution in [0.4, 0.5) is 10.1 Å². The lowest BCUT2D eigenvalue weighted by molar-refractivity contribution is 0.0712. The van der Waals surface area contributed by atoms with Gasteiger partial charge in [-0.1, -0.05) is 35.9 Å². The number of anilines is 1. The number of benzene rings is 2. The van der Waals surface area contributed by atoms with Crippen molar-refractivity contribution in [1.29, 1.82) is 0 Å². The van der Waals surface area contributed by atoms with Crippen LogP contribution < -0.4 is 5.32 Å². The highest BCUT2D eigenvalue weighted by molar-refractivity contribution is 6.34. The molecule has 9 heteroatoms. The van der Waals surface area contributed by atoms with Gasteiger partial charge in [0.25, 0.3) is 11.8 Å². The molecule has 0 saturated carbocycles. The molecule has 0 bridgehead atoms. The lowest BCUT2D eigenvalue weighted by atomic mass is 9.89. The summed E-state index contributed by atoms with van der Waals surface area (Å²) in [5.74, 6) is -0.584. The molecule has 3 heterocycles. The SMILES string of the molecule is O=C(Nc1ccc(C2CCN(C(=O)c3cnc(-c4ccccn4)nc3)CC2)cc1)c1c(F)cccc1Cl. The summed E-state index contributed by atoms with van der Waals surface area (Å²) >= 11 is 5.98. The standard InChI is InChI=1S/C28H23ClFN5O2/c29-22-4-3-5-23(30)25(22)27(36)34-21-9-7-18(8-10-21)19-11-14-35(15-12-19)28(37)20-16-32-26(33-17-20)24-6-1-2-13-31-24/h1-10,13,16-17,19H,11-12,14-15H2,(H,34,36). The molecule has 0 spiro atoms. The number of aromatic nitrogens is 3. The number of hydrogen-bond acceptors (Lipinski definition) is 5. The Kier molecular flexibility index (Phi) is 7.18. The van der Waals surface area contributed by atoms with Crippen LogP contribution in [0.2, 0.25) is 5.02 Å². The number of nitrogens with one attached hydrogen (secondary N) is 1. The zero-order valence-corrected chi connectivity index (χ0v) is 20.5. The number of amides is 2. The summed E-state index contributed by atoms with van der Waals surface area (Å²) in [4.78, 5) is 40.1. The summed E-state index contributed by atoms with van der Waals surface area (Å²) in [6, 6.07) is 17.1. The molecule has 4 aromatic rings. The Balaban J connectivity index is 1.17. The largest absolute Gasteiger partial charge is 0.339 e. The van der Waals surface area contributed by atoms with Crippen molar-refractivity contribution in [3.05, 3.63) is 107 Å². The van der Waals surface area contributed by atoms with Gasteiger partial charge in [-0.05, 0) is 60.7 Å². The van der Waals surface area contributed by atoms with Gasteiger partial charge in [-0.25, -0.2) is 14.4 Å². The van der Waals surface area contributed by atoms with Gasteiger partial charge in [0, 0.05) is 37.4 Å². The number of likely N-dealkylation sites (tertiary alicyclic amines) is 1. The van der Waals surface area contributed by atoms with Gasteiger partial charge in [-0.2, -0.15) is 0 Å². The average molecular weight is 516 g/mol. The first-order valence-corrected chi connectivity index (χ1v) is 12.3. The number of nitrogens with zero attached hydrogens (tertiary/aromatic N) is 4. The van der Waals surface area contributed by atoms with Crippen LogP contribution >= 0.6 is 11.6 Å². The van der Waals surface area contributed by atoms with E-state index in [1.807, 2.05) is 35.2 Å². The first-order chi connectivity index (χ1) is 18.0. The van der Waals surface area contributed by atoms with E-state index in [1.165, 1.54) is 18.2 Å². The molecular weight excluding hydrogens is 493 g/mol. The monoisotopic (exact) mass is 515 g/mol. The highest BCUT2D eigenvalue weighted by Crippen LogP contribution is 2.30. The molecule has 0 aliphatic carbocycles. The maximum Gasteiger partial charge on any atom is 0.260 e. The predicted molar refractivity (Wildman–Crippen MR) is 139 cm³/mol. The van der Waals surface area contributed by atoms with Crippen LogP contribution in [0.3, 0.4) is 0 Å². The second kappa shape index (κ2) is 10.8. The minimum Gasteiger partial charge on any atom is -0.339 e. The Morgan fingerprint density at radius 2 is 1.65 bits per heavy atom. The van der Waals surface area contributed by atoms with Crippen molar-refractivity contribution in [3.8, 4) is 11.5 Å². The smallest absolute Gasteiger partial charge is 0.260 e. The van der Waals surface area contributed by atoms with E-state index in [1.54, 1.807) is 30.7 Å². The van der Waals surface area contributed by atoms with Gasteiger partial charge in [0.05, 0.1) is 16.1 Å². The zero-order chi connectivity index (χ0) is 25.8. The van der Waals surface area contributed by atoms with E-state index in [-0.39, 0.29) is 22.4 Å². The zero-order valence-electron chi connectivity index (χ0n) is 19.8. The molecule has 186 valence electrons. The van der Waals surface area contributed by atoms with E-state index in [4.69, 9.17) is 11.6 Å². The number of carbonyl (C=O) groups excluding carboxylic acids is 2. The third-order valence-electron chi connectivity index (χ3n) is 6.40. The first kappa shape index (κ1) is 24.5. The maximum atomic E-state index is 14.0. The van der Waals surface area contributed by atoms with Crippen LogP contribution in [0.5, 0.6) is 0 Å². The molecule has 1 aliphatic rings. The van der Waals surface area contributed by atoms with E-state index in [0.29, 0.717) is 35.9 Å². The third-order valence-corrected chi connectivity index (χ3v) is 6.72. The fourth-order valence-electron chi connectivity index (χ4n) is 4.41. The lowest BCUT2D eigenvalue weighted by Crippen LogP contribution is -2.38. The summed E-state index contributed by atoms with van der Waals surface area (Å²) in [5, 5.41) is 2.75. The summed E-state index contributed by atoms with van der Waals surface area (Å²) in [5.41, 5.74) is 2.60. The van der Waals surface area contributed by atoms with Crippen LogP contribution in [0.15, 0.2) is 79.3 Å². The Labute approximate surface area is 218 Å². The minimum absolute atomic E-state index is 0.0612. The van der Waals surface area contributed by atoms with Crippen molar-refractivity contribution in [1.82, 2.24) is 19.9 Å². The fraction of sp³-hybridized carbons (Fsp3) is 0.179. The van der Waals surface area contributed by atoms with Gasteiger partial charge in [0.15, 0.2) is 5.82 Å². The molecule has 2 aromatic heterocycles. The van der Waals surface area contributed by atoms with Crippen molar-refractivity contribution in [2.24, 2.45) is 0 Å². The van der Waals surface area contributed by atoms with E-state index in [9.17, 15) is 14.0 Å². The van der Waals surface area contributed by atoms with Gasteiger partial charge in [0.2, 0.25) is 0 Å². The van der Waals surface area contributed by atoms with Crippen LogP contribution in [0, 0.1) is 5.82 Å². The van der Waals surface area contributed by atoms with E-state index < -0.39 is 11.7 Å². The number of piperidine rings is 1. The van der Waals surface area contributed by atoms with E-state index >= 15 is 0 Å². The molecule has 5 rings (SSSR count). The number of rotatable bonds is 5. The number of hydrogen-bond donors (Lipinski definition) is 1. The van der Waals surface area contributed by atoms with Crippen molar-refractivity contribution in [2.45, 2.75) is 18.8 Å². The topological polar surface area (TPSA) is 88.1 Å². The highest BCUT2D eigenvalue weighted by Gasteiger charge is 2.25. The van der Waals surface area contributed by atoms with Crippen LogP contribution in [0.1, 0.15) is 45.0 Å². The molecule has 0 radical (unpaired) electrons. The molecule has 37 heavy (non-hydrogen) atoms. The minimum atomic E-state index is -0.668. The van der Waals surface area contributed by atoms with Gasteiger partial charge in [0.1, 0.15) is 11.5 Å². The quantitative estimate of drug-likeness (QED) is 0.373. The molecule has 2 aromatic carbocycles. The Hall–Kier alpha value is -4.17. The van der Waals surface area contributed by atoms with Crippen LogP contribution in [0.25, 0.3) is 11.5 Å². The molecule has 1 N–H and O–H groups in total. The maximum absolute atomic E-state index is 14.0. The van der Waals surface area contributed by atoms with Gasteiger partial charge in [-0.15, -0.1) is 0 Å². The van der Waals surface area contributed by atoms with Gasteiger partial charge in [-0.3, -0.25) is 14.6 Å². The molecular formula is C28H23ClFN5O2. The summed E-state index contributed by atoms with van der Waals surface area (Å²) in [7, 11) is 0. The molecule has 0 unspecified atom stereocenters. The Morgan fingerprint density at radius 1 is 0.919 bits per heavy atom. The average Bonchev–Trinajstić information content (AvgIpc) is 2.94. The second-order valence-electron chi connectivity index (χ2n) is 8.75. The van der Waals surface area contributed by atoms with Crippen molar-refractivity contribution < 1.29 is 14.0 Å². The first-order valence-electron chi connectivity index (χ1n) is 11.9. The van der Waals surface area contributed by atoms with Gasteiger partial charge >= 0.3 is 0 Å². The van der Waals surface area contributed by atoms with E-state index in [2.05, 4.69) is 20.3 Å². The second-order valence-corrected chi connectivity index (χ2v) is 9.16. The molecule has 1 aliphatic heterocycles. The molecule has 7 nitrogen and oxygen atoms in total. The highest BCUT2D eigenvalue weighted by atomic mass is 35.5. The van der Waals surface area contributed by atoms with E-state index in [0.717, 1.165) is 18.4 Å². The third kappa shape index (κ3) is 5.49. The molecule has 1 saturated heterocycles. The molecule has 0 atom stereocenters. The summed E-state index contributed by atoms with van der Waals surface area (Å²) in [6.45, 7) is 1.24. The molecule has 2 amide bonds. The Morgan fingerprint density at radius 3 is 2.30 bits per heavy atom. The lowest BCUT2D eigenvalue weighted by Gasteiger charge is -2.32. The number of carbonyl (C=O) groups is 2. The number of halogens is 2. The summed E-state index contributed by atoms with van der Waals surface area (Å²) < 4.78 is 14.0. The van der Waals surface area contributed by atoms with Gasteiger partial charge < -0.3 is 10.2 Å². The van der Waals surface area contributed by atoms with Crippen molar-refractivity contribution in [2.75, 3.05) is 18.4 Å². The Bertz CT molecular complexity index is 1390. The van der Waals surface area contributed by atoms with Crippen LogP contribution in [-0.4, -0.2) is 44.8 Å². The fourth-order valence-corrected chi connectivity index (χ4v) is 4.66. The van der Waals surface area contributed by atoms with Crippen molar-refractivity contribution >= 4 is 29.1 Å². The van der Waals surface area contributed by atoms with Crippen LogP contribution in [-0.2, 0) is 0 Å².